The molecule has 1 fully saturated rings. The van der Waals surface area contributed by atoms with E-state index in [1.807, 2.05) is 6.92 Å². The third-order valence-electron chi connectivity index (χ3n) is 4.68. The van der Waals surface area contributed by atoms with Gasteiger partial charge in [0.2, 0.25) is 5.91 Å². The number of nitrogens with zero attached hydrogens (tertiary/aromatic N) is 2. The Morgan fingerprint density at radius 2 is 2.10 bits per heavy atom. The minimum Gasteiger partial charge on any atom is -0.442 e. The van der Waals surface area contributed by atoms with Crippen LogP contribution in [-0.2, 0) is 9.53 Å². The van der Waals surface area contributed by atoms with Gasteiger partial charge in [0.25, 0.3) is 0 Å². The molecule has 0 bridgehead atoms. The molecule has 1 aliphatic rings. The third kappa shape index (κ3) is 5.35. The zero-order valence-corrected chi connectivity index (χ0v) is 17.0. The molecule has 4 N–H and O–H groups in total. The quantitative estimate of drug-likeness (QED) is 0.483. The second-order valence-corrected chi connectivity index (χ2v) is 7.02. The van der Waals surface area contributed by atoms with Crippen LogP contribution >= 0.6 is 0 Å². The summed E-state index contributed by atoms with van der Waals surface area (Å²) in [5.41, 5.74) is 10.0. The maximum Gasteiger partial charge on any atom is 0.414 e. The van der Waals surface area contributed by atoms with Gasteiger partial charge in [0.1, 0.15) is 11.9 Å². The van der Waals surface area contributed by atoms with E-state index >= 15 is 0 Å². The van der Waals surface area contributed by atoms with Crippen LogP contribution in [0.25, 0.3) is 11.1 Å². The van der Waals surface area contributed by atoms with Crippen molar-refractivity contribution in [1.29, 1.82) is 0 Å². The molecule has 1 aliphatic heterocycles. The van der Waals surface area contributed by atoms with Gasteiger partial charge in [0.15, 0.2) is 0 Å². The number of ether oxygens (including phenoxy) is 1. The molecule has 3 rings (SSSR count). The number of aryl methyl sites for hydroxylation is 1. The highest BCUT2D eigenvalue weighted by atomic mass is 19.1. The average Bonchev–Trinajstić information content (AvgIpc) is 3.08. The number of hydrazone groups is 1. The number of anilines is 1. The third-order valence-corrected chi connectivity index (χ3v) is 4.68. The number of hydrogen-bond donors (Lipinski definition) is 3. The first-order chi connectivity index (χ1) is 14.7. The Hall–Kier alpha value is -3.95. The lowest BCUT2D eigenvalue weighted by Crippen LogP contribution is -2.33. The van der Waals surface area contributed by atoms with Crippen LogP contribution in [0.3, 0.4) is 0 Å². The van der Waals surface area contributed by atoms with Crippen molar-refractivity contribution in [2.45, 2.75) is 20.0 Å². The van der Waals surface area contributed by atoms with Gasteiger partial charge in [0, 0.05) is 12.5 Å². The van der Waals surface area contributed by atoms with Gasteiger partial charge in [-0.3, -0.25) is 9.69 Å². The predicted octanol–water partition coefficient (Wildman–Crippen LogP) is 2.26. The van der Waals surface area contributed by atoms with E-state index in [-0.39, 0.29) is 19.0 Å². The zero-order chi connectivity index (χ0) is 22.5. The van der Waals surface area contributed by atoms with Crippen LogP contribution < -0.4 is 21.4 Å². The molecule has 31 heavy (non-hydrogen) atoms. The first kappa shape index (κ1) is 21.8. The van der Waals surface area contributed by atoms with Crippen molar-refractivity contribution in [1.82, 2.24) is 10.7 Å². The number of primary amides is 1. The maximum atomic E-state index is 14.9. The SMILES string of the molecule is CC(=O)NC[C@H]1CN(c2ccc(-c3ccc(C=NNC(N)=O)c(C)c3)c(F)c2)C(=O)O1. The first-order valence-corrected chi connectivity index (χ1v) is 9.46. The molecule has 1 heterocycles. The Labute approximate surface area is 178 Å². The van der Waals surface area contributed by atoms with Crippen LogP contribution in [0, 0.1) is 12.7 Å². The van der Waals surface area contributed by atoms with Gasteiger partial charge in [-0.05, 0) is 41.8 Å². The standard InChI is InChI=1S/C21H22FN5O4/c1-12-7-14(3-4-15(12)9-25-26-20(23)29)18-6-5-16(8-19(18)22)27-11-17(31-21(27)30)10-24-13(2)28/h3-9,17H,10-11H2,1-2H3,(H,24,28)(H3,23,26,29)/t17-/m0/s1. The molecule has 0 saturated carbocycles. The van der Waals surface area contributed by atoms with E-state index in [1.54, 1.807) is 30.3 Å². The molecular weight excluding hydrogens is 405 g/mol. The molecule has 0 unspecified atom stereocenters. The van der Waals surface area contributed by atoms with Crippen LogP contribution in [-0.4, -0.2) is 43.4 Å². The molecule has 0 aromatic heterocycles. The second kappa shape index (κ2) is 9.24. The normalized spacial score (nSPS) is 15.8. The van der Waals surface area contributed by atoms with Crippen LogP contribution in [0.15, 0.2) is 41.5 Å². The summed E-state index contributed by atoms with van der Waals surface area (Å²) in [6.07, 6.45) is 0.353. The number of amides is 4. The van der Waals surface area contributed by atoms with E-state index in [9.17, 15) is 18.8 Å². The highest BCUT2D eigenvalue weighted by Crippen LogP contribution is 2.30. The summed E-state index contributed by atoms with van der Waals surface area (Å²) >= 11 is 0. The highest BCUT2D eigenvalue weighted by molar-refractivity contribution is 5.90. The van der Waals surface area contributed by atoms with Crippen LogP contribution in [0.1, 0.15) is 18.1 Å². The largest absolute Gasteiger partial charge is 0.442 e. The van der Waals surface area contributed by atoms with E-state index < -0.39 is 24.0 Å². The molecule has 1 saturated heterocycles. The van der Waals surface area contributed by atoms with E-state index in [0.717, 1.165) is 11.1 Å². The number of cyclic esters (lactones) is 1. The number of carbonyl (C=O) groups is 3. The monoisotopic (exact) mass is 427 g/mol. The summed E-state index contributed by atoms with van der Waals surface area (Å²) in [6, 6.07) is 9.00. The molecule has 0 spiro atoms. The average molecular weight is 427 g/mol. The van der Waals surface area contributed by atoms with Gasteiger partial charge >= 0.3 is 12.1 Å². The van der Waals surface area contributed by atoms with Crippen molar-refractivity contribution >= 4 is 29.9 Å². The number of rotatable bonds is 6. The van der Waals surface area contributed by atoms with Crippen LogP contribution in [0.4, 0.5) is 19.7 Å². The Bertz CT molecular complexity index is 1060. The van der Waals surface area contributed by atoms with E-state index in [4.69, 9.17) is 10.5 Å². The lowest BCUT2D eigenvalue weighted by Gasteiger charge is -2.15. The minimum absolute atomic E-state index is 0.196. The Morgan fingerprint density at radius 3 is 2.74 bits per heavy atom. The van der Waals surface area contributed by atoms with Gasteiger partial charge in [-0.2, -0.15) is 5.10 Å². The Balaban J connectivity index is 1.76. The number of urea groups is 1. The van der Waals surface area contributed by atoms with Gasteiger partial charge in [0.05, 0.1) is 25.0 Å². The molecule has 2 aromatic rings. The number of carbonyl (C=O) groups excluding carboxylic acids is 3. The molecule has 2 aromatic carbocycles. The lowest BCUT2D eigenvalue weighted by atomic mass is 9.99. The van der Waals surface area contributed by atoms with Gasteiger partial charge in [-0.25, -0.2) is 19.4 Å². The summed E-state index contributed by atoms with van der Waals surface area (Å²) < 4.78 is 20.1. The first-order valence-electron chi connectivity index (χ1n) is 9.46. The fourth-order valence-electron chi connectivity index (χ4n) is 3.16. The molecule has 9 nitrogen and oxygen atoms in total. The number of nitrogens with two attached hydrogens (primary N) is 1. The molecule has 10 heteroatoms. The molecule has 0 radical (unpaired) electrons. The number of nitrogens with one attached hydrogen (secondary N) is 2. The summed E-state index contributed by atoms with van der Waals surface area (Å²) in [5.74, 6) is -0.714. The molecule has 4 amide bonds. The Morgan fingerprint density at radius 1 is 1.32 bits per heavy atom. The number of halogens is 1. The fraction of sp³-hybridized carbons (Fsp3) is 0.238. The fourth-order valence-corrected chi connectivity index (χ4v) is 3.16. The molecule has 1 atom stereocenters. The maximum absolute atomic E-state index is 14.9. The minimum atomic E-state index is -0.768. The van der Waals surface area contributed by atoms with Crippen molar-refractivity contribution in [3.63, 3.8) is 0 Å². The van der Waals surface area contributed by atoms with E-state index in [2.05, 4.69) is 15.8 Å². The van der Waals surface area contributed by atoms with Gasteiger partial charge < -0.3 is 15.8 Å². The van der Waals surface area contributed by atoms with Crippen molar-refractivity contribution in [2.75, 3.05) is 18.0 Å². The molecular formula is C21H22FN5O4. The zero-order valence-electron chi connectivity index (χ0n) is 17.0. The summed E-state index contributed by atoms with van der Waals surface area (Å²) in [7, 11) is 0. The summed E-state index contributed by atoms with van der Waals surface area (Å²) in [6.45, 7) is 3.62. The second-order valence-electron chi connectivity index (χ2n) is 7.02. The van der Waals surface area contributed by atoms with Gasteiger partial charge in [-0.15, -0.1) is 0 Å². The predicted molar refractivity (Wildman–Crippen MR) is 113 cm³/mol. The summed E-state index contributed by atoms with van der Waals surface area (Å²) in [4.78, 5) is 35.2. The van der Waals surface area contributed by atoms with E-state index in [0.29, 0.717) is 16.8 Å². The highest BCUT2D eigenvalue weighted by Gasteiger charge is 2.32. The lowest BCUT2D eigenvalue weighted by molar-refractivity contribution is -0.119. The van der Waals surface area contributed by atoms with Crippen molar-refractivity contribution in [2.24, 2.45) is 10.8 Å². The molecule has 0 aliphatic carbocycles. The van der Waals surface area contributed by atoms with Crippen LogP contribution in [0.5, 0.6) is 0 Å². The number of benzene rings is 2. The van der Waals surface area contributed by atoms with Crippen molar-refractivity contribution < 1.29 is 23.5 Å². The summed E-state index contributed by atoms with van der Waals surface area (Å²) in [5, 5.41) is 6.31. The smallest absolute Gasteiger partial charge is 0.414 e. The van der Waals surface area contributed by atoms with Crippen molar-refractivity contribution in [3.8, 4) is 11.1 Å². The topological polar surface area (TPSA) is 126 Å². The molecule has 162 valence electrons. The van der Waals surface area contributed by atoms with Crippen LogP contribution in [0.2, 0.25) is 0 Å². The van der Waals surface area contributed by atoms with Gasteiger partial charge in [-0.1, -0.05) is 18.2 Å². The van der Waals surface area contributed by atoms with Crippen molar-refractivity contribution in [3.05, 3.63) is 53.3 Å². The Kier molecular flexibility index (Phi) is 6.49. The number of hydrogen-bond acceptors (Lipinski definition) is 5. The van der Waals surface area contributed by atoms with E-state index in [1.165, 1.54) is 24.1 Å².